The van der Waals surface area contributed by atoms with E-state index >= 15 is 0 Å². The van der Waals surface area contributed by atoms with Gasteiger partial charge >= 0.3 is 0 Å². The third-order valence-electron chi connectivity index (χ3n) is 3.42. The molecule has 1 aliphatic rings. The van der Waals surface area contributed by atoms with Gasteiger partial charge in [-0.3, -0.25) is 0 Å². The van der Waals surface area contributed by atoms with Gasteiger partial charge in [0.1, 0.15) is 11.4 Å². The summed E-state index contributed by atoms with van der Waals surface area (Å²) in [6.45, 7) is 7.62. The van der Waals surface area contributed by atoms with E-state index in [1.807, 2.05) is 26.8 Å². The lowest BCUT2D eigenvalue weighted by molar-refractivity contribution is -0.0176. The molecule has 0 aliphatic carbocycles. The first kappa shape index (κ1) is 14.0. The van der Waals surface area contributed by atoms with Crippen LogP contribution in [0.3, 0.4) is 0 Å². The zero-order chi connectivity index (χ0) is 13.9. The maximum Gasteiger partial charge on any atom is 0.224 e. The second-order valence-corrected chi connectivity index (χ2v) is 4.97. The topological polar surface area (TPSA) is 79.3 Å². The molecule has 0 bridgehead atoms. The first-order valence-corrected chi connectivity index (χ1v) is 6.71. The number of hydrogen-bond acceptors (Lipinski definition) is 6. The fraction of sp³-hybridized carbons (Fsp3) is 0.692. The largest absolute Gasteiger partial charge is 0.385 e. The smallest absolute Gasteiger partial charge is 0.224 e. The van der Waals surface area contributed by atoms with Gasteiger partial charge < -0.3 is 20.5 Å². The Bertz CT molecular complexity index is 441. The summed E-state index contributed by atoms with van der Waals surface area (Å²) in [6, 6.07) is 1.87. The van der Waals surface area contributed by atoms with Crippen LogP contribution in [0.2, 0.25) is 0 Å². The quantitative estimate of drug-likeness (QED) is 0.742. The van der Waals surface area contributed by atoms with Gasteiger partial charge in [-0.25, -0.2) is 4.98 Å². The van der Waals surface area contributed by atoms with E-state index in [1.54, 1.807) is 0 Å². The number of aryl methyl sites for hydroxylation is 1. The van der Waals surface area contributed by atoms with Gasteiger partial charge in [0.25, 0.3) is 0 Å². The van der Waals surface area contributed by atoms with Crippen molar-refractivity contribution in [3.63, 3.8) is 0 Å². The van der Waals surface area contributed by atoms with E-state index in [-0.39, 0.29) is 6.10 Å². The van der Waals surface area contributed by atoms with E-state index < -0.39 is 5.60 Å². The molecule has 1 fully saturated rings. The van der Waals surface area contributed by atoms with Gasteiger partial charge in [0.05, 0.1) is 6.10 Å². The molecule has 6 nitrogen and oxygen atoms in total. The van der Waals surface area contributed by atoms with Crippen LogP contribution in [0.5, 0.6) is 0 Å². The van der Waals surface area contributed by atoms with Gasteiger partial charge in [-0.15, -0.1) is 0 Å². The van der Waals surface area contributed by atoms with Crippen molar-refractivity contribution in [1.82, 2.24) is 9.97 Å². The van der Waals surface area contributed by atoms with E-state index in [2.05, 4.69) is 20.6 Å². The Kier molecular flexibility index (Phi) is 4.21. The van der Waals surface area contributed by atoms with E-state index in [0.29, 0.717) is 25.5 Å². The summed E-state index contributed by atoms with van der Waals surface area (Å²) >= 11 is 0. The van der Waals surface area contributed by atoms with Crippen LogP contribution >= 0.6 is 0 Å². The lowest BCUT2D eigenvalue weighted by Crippen LogP contribution is -2.43. The second kappa shape index (κ2) is 5.71. The number of nitrogens with one attached hydrogen (secondary N) is 2. The van der Waals surface area contributed by atoms with Crippen LogP contribution in [-0.2, 0) is 4.74 Å². The molecule has 1 aliphatic heterocycles. The summed E-state index contributed by atoms with van der Waals surface area (Å²) in [7, 11) is 0. The van der Waals surface area contributed by atoms with Crippen molar-refractivity contribution in [2.75, 3.05) is 30.3 Å². The molecule has 1 saturated heterocycles. The van der Waals surface area contributed by atoms with Crippen LogP contribution in [0.15, 0.2) is 6.07 Å². The summed E-state index contributed by atoms with van der Waals surface area (Å²) < 4.78 is 5.41. The van der Waals surface area contributed by atoms with Crippen LogP contribution in [0, 0.1) is 6.92 Å². The van der Waals surface area contributed by atoms with E-state index in [1.165, 1.54) is 0 Å². The van der Waals surface area contributed by atoms with Crippen molar-refractivity contribution in [1.29, 1.82) is 0 Å². The second-order valence-electron chi connectivity index (χ2n) is 4.97. The summed E-state index contributed by atoms with van der Waals surface area (Å²) in [5, 5.41) is 16.7. The molecule has 0 amide bonds. The van der Waals surface area contributed by atoms with Gasteiger partial charge in [0, 0.05) is 37.9 Å². The maximum absolute atomic E-state index is 10.4. The highest BCUT2D eigenvalue weighted by Gasteiger charge is 2.39. The Morgan fingerprint density at radius 3 is 2.89 bits per heavy atom. The van der Waals surface area contributed by atoms with Gasteiger partial charge in [-0.05, 0) is 20.8 Å². The average Bonchev–Trinajstić information content (AvgIpc) is 2.68. The molecule has 2 rings (SSSR count). The highest BCUT2D eigenvalue weighted by Crippen LogP contribution is 2.26. The fourth-order valence-corrected chi connectivity index (χ4v) is 2.14. The van der Waals surface area contributed by atoms with Crippen LogP contribution in [0.1, 0.15) is 26.0 Å². The van der Waals surface area contributed by atoms with Crippen molar-refractivity contribution < 1.29 is 9.84 Å². The van der Waals surface area contributed by atoms with Crippen molar-refractivity contribution in [2.45, 2.75) is 38.9 Å². The molecule has 2 atom stereocenters. The lowest BCUT2D eigenvalue weighted by Gasteiger charge is -2.26. The van der Waals surface area contributed by atoms with E-state index in [4.69, 9.17) is 4.74 Å². The number of aliphatic hydroxyl groups is 1. The van der Waals surface area contributed by atoms with Crippen molar-refractivity contribution >= 4 is 11.8 Å². The minimum Gasteiger partial charge on any atom is -0.385 e. The molecule has 0 saturated carbocycles. The zero-order valence-corrected chi connectivity index (χ0v) is 11.7. The summed E-state index contributed by atoms with van der Waals surface area (Å²) in [6.07, 6.45) is 0.488. The molecule has 19 heavy (non-hydrogen) atoms. The lowest BCUT2D eigenvalue weighted by atomic mass is 9.97. The molecule has 6 heteroatoms. The summed E-state index contributed by atoms with van der Waals surface area (Å²) in [5.74, 6) is 1.32. The van der Waals surface area contributed by atoms with Gasteiger partial charge in [0.15, 0.2) is 0 Å². The van der Waals surface area contributed by atoms with Crippen molar-refractivity contribution in [2.24, 2.45) is 0 Å². The molecule has 1 aromatic rings. The van der Waals surface area contributed by atoms with E-state index in [9.17, 15) is 5.11 Å². The summed E-state index contributed by atoms with van der Waals surface area (Å²) in [5.41, 5.74) is 0.0631. The predicted octanol–water partition coefficient (Wildman–Crippen LogP) is 1.17. The molecule has 2 heterocycles. The Morgan fingerprint density at radius 2 is 2.26 bits per heavy atom. The molecule has 0 aromatic carbocycles. The number of hydrogen-bond donors (Lipinski definition) is 3. The SMILES string of the molecule is CCNc1nc(C)cc(NCC2(O)CCOC2C)n1. The maximum atomic E-state index is 10.4. The Labute approximate surface area is 113 Å². The molecule has 106 valence electrons. The van der Waals surface area contributed by atoms with Crippen LogP contribution < -0.4 is 10.6 Å². The zero-order valence-electron chi connectivity index (χ0n) is 11.7. The molecule has 1 aromatic heterocycles. The third kappa shape index (κ3) is 3.33. The van der Waals surface area contributed by atoms with Crippen LogP contribution in [0.4, 0.5) is 11.8 Å². The first-order valence-electron chi connectivity index (χ1n) is 6.71. The molecule has 2 unspecified atom stereocenters. The van der Waals surface area contributed by atoms with Crippen molar-refractivity contribution in [3.05, 3.63) is 11.8 Å². The Balaban J connectivity index is 2.03. The predicted molar refractivity (Wildman–Crippen MR) is 74.4 cm³/mol. The Hall–Kier alpha value is -1.40. The number of anilines is 2. The minimum atomic E-state index is -0.822. The highest BCUT2D eigenvalue weighted by atomic mass is 16.5. The highest BCUT2D eigenvalue weighted by molar-refractivity contribution is 5.42. The van der Waals surface area contributed by atoms with Gasteiger partial charge in [-0.2, -0.15) is 4.98 Å². The third-order valence-corrected chi connectivity index (χ3v) is 3.42. The fourth-order valence-electron chi connectivity index (χ4n) is 2.14. The van der Waals surface area contributed by atoms with E-state index in [0.717, 1.165) is 18.1 Å². The minimum absolute atomic E-state index is 0.156. The van der Waals surface area contributed by atoms with Crippen LogP contribution in [-0.4, -0.2) is 46.5 Å². The monoisotopic (exact) mass is 266 g/mol. The summed E-state index contributed by atoms with van der Waals surface area (Å²) in [4.78, 5) is 8.64. The Morgan fingerprint density at radius 1 is 1.47 bits per heavy atom. The molecule has 3 N–H and O–H groups in total. The molecule has 0 radical (unpaired) electrons. The molecular formula is C13H22N4O2. The van der Waals surface area contributed by atoms with Crippen LogP contribution in [0.25, 0.3) is 0 Å². The standard InChI is InChI=1S/C13H22N4O2/c1-4-14-12-16-9(2)7-11(17-12)15-8-13(18)5-6-19-10(13)3/h7,10,18H,4-6,8H2,1-3H3,(H2,14,15,16,17). The average molecular weight is 266 g/mol. The van der Waals surface area contributed by atoms with Gasteiger partial charge in [-0.1, -0.05) is 0 Å². The molecular weight excluding hydrogens is 244 g/mol. The molecule has 0 spiro atoms. The number of rotatable bonds is 5. The number of nitrogens with zero attached hydrogens (tertiary/aromatic N) is 2. The normalized spacial score (nSPS) is 26.4. The van der Waals surface area contributed by atoms with Gasteiger partial charge in [0.2, 0.25) is 5.95 Å². The number of ether oxygens (including phenoxy) is 1. The first-order chi connectivity index (χ1) is 9.03. The number of aromatic nitrogens is 2. The van der Waals surface area contributed by atoms with Crippen molar-refractivity contribution in [3.8, 4) is 0 Å².